The summed E-state index contributed by atoms with van der Waals surface area (Å²) in [4.78, 5) is 12.8. The Morgan fingerprint density at radius 1 is 1.52 bits per heavy atom. The Bertz CT molecular complexity index is 707. The number of hydrogen-bond acceptors (Lipinski definition) is 4. The minimum Gasteiger partial charge on any atom is -0.313 e. The molecule has 1 heterocycles. The molecular formula is C14H17BrN4OS. The van der Waals surface area contributed by atoms with Gasteiger partial charge < -0.3 is 5.32 Å². The molecule has 2 aromatic rings. The first-order chi connectivity index (χ1) is 10.1. The molecule has 1 aliphatic rings. The van der Waals surface area contributed by atoms with Crippen molar-refractivity contribution in [2.45, 2.75) is 41.9 Å². The zero-order valence-corrected chi connectivity index (χ0v) is 14.3. The van der Waals surface area contributed by atoms with Gasteiger partial charge in [-0.2, -0.15) is 0 Å². The predicted octanol–water partition coefficient (Wildman–Crippen LogP) is 3.10. The van der Waals surface area contributed by atoms with E-state index in [0.717, 1.165) is 27.4 Å². The Labute approximate surface area is 135 Å². The highest BCUT2D eigenvalue weighted by atomic mass is 79.9. The van der Waals surface area contributed by atoms with Gasteiger partial charge in [0.1, 0.15) is 0 Å². The number of hydrogen-bond donors (Lipinski definition) is 2. The first kappa shape index (κ1) is 14.9. The number of halogens is 1. The first-order valence-electron chi connectivity index (χ1n) is 6.91. The van der Waals surface area contributed by atoms with Crippen molar-refractivity contribution in [3.8, 4) is 0 Å². The van der Waals surface area contributed by atoms with E-state index < -0.39 is 0 Å². The van der Waals surface area contributed by atoms with Crippen molar-refractivity contribution in [2.75, 3.05) is 7.05 Å². The van der Waals surface area contributed by atoms with Gasteiger partial charge in [-0.1, -0.05) is 22.0 Å². The lowest BCUT2D eigenvalue weighted by Crippen LogP contribution is -2.16. The van der Waals surface area contributed by atoms with Gasteiger partial charge in [0.05, 0.1) is 0 Å². The van der Waals surface area contributed by atoms with Crippen molar-refractivity contribution in [3.05, 3.63) is 38.7 Å². The van der Waals surface area contributed by atoms with E-state index in [9.17, 15) is 4.79 Å². The predicted molar refractivity (Wildman–Crippen MR) is 86.9 cm³/mol. The molecule has 7 heteroatoms. The summed E-state index contributed by atoms with van der Waals surface area (Å²) in [6.07, 6.45) is 2.13. The largest absolute Gasteiger partial charge is 0.344 e. The minimum absolute atomic E-state index is 0.112. The summed E-state index contributed by atoms with van der Waals surface area (Å²) in [5.41, 5.74) is 1.10. The maximum atomic E-state index is 11.8. The molecule has 1 aromatic carbocycles. The van der Waals surface area contributed by atoms with Gasteiger partial charge in [0.2, 0.25) is 0 Å². The third kappa shape index (κ3) is 3.09. The summed E-state index contributed by atoms with van der Waals surface area (Å²) in [6, 6.07) is 6.85. The van der Waals surface area contributed by atoms with Crippen LogP contribution in [0, 0.1) is 0 Å². The summed E-state index contributed by atoms with van der Waals surface area (Å²) in [6.45, 7) is 2.12. The molecule has 1 aliphatic carbocycles. The van der Waals surface area contributed by atoms with Gasteiger partial charge in [0.15, 0.2) is 5.16 Å². The number of nitrogens with one attached hydrogen (secondary N) is 2. The number of benzene rings is 1. The quantitative estimate of drug-likeness (QED) is 0.850. The third-order valence-corrected chi connectivity index (χ3v) is 5.31. The molecule has 0 amide bonds. The van der Waals surface area contributed by atoms with Gasteiger partial charge in [0.25, 0.3) is 0 Å². The van der Waals surface area contributed by atoms with Gasteiger partial charge in [0, 0.05) is 21.5 Å². The summed E-state index contributed by atoms with van der Waals surface area (Å²) in [7, 11) is 1.94. The molecule has 1 atom stereocenters. The lowest BCUT2D eigenvalue weighted by Gasteiger charge is -2.13. The molecule has 1 aromatic heterocycles. The van der Waals surface area contributed by atoms with Crippen LogP contribution in [0.5, 0.6) is 0 Å². The van der Waals surface area contributed by atoms with Crippen molar-refractivity contribution >= 4 is 27.7 Å². The third-order valence-electron chi connectivity index (χ3n) is 3.66. The van der Waals surface area contributed by atoms with Crippen LogP contribution in [0.3, 0.4) is 0 Å². The standard InChI is InChI=1S/C14H17BrN4OS/c1-8(16-2)11-6-5-10(7-12(11)15)21-14-18-17-13(20)19(14)9-3-4-9/h5-9,16H,3-4H2,1-2H3,(H,17,20). The zero-order chi connectivity index (χ0) is 15.0. The Morgan fingerprint density at radius 3 is 2.90 bits per heavy atom. The second kappa shape index (κ2) is 5.98. The van der Waals surface area contributed by atoms with E-state index in [1.807, 2.05) is 7.05 Å². The lowest BCUT2D eigenvalue weighted by molar-refractivity contribution is 0.642. The SMILES string of the molecule is CNC(C)c1ccc(Sc2n[nH]c(=O)n2C2CC2)cc1Br. The molecule has 21 heavy (non-hydrogen) atoms. The fourth-order valence-corrected chi connectivity index (χ4v) is 4.02. The minimum atomic E-state index is -0.112. The zero-order valence-electron chi connectivity index (χ0n) is 11.9. The maximum absolute atomic E-state index is 11.8. The highest BCUT2D eigenvalue weighted by Crippen LogP contribution is 2.38. The molecule has 1 fully saturated rings. The van der Waals surface area contributed by atoms with Crippen molar-refractivity contribution in [3.63, 3.8) is 0 Å². The van der Waals surface area contributed by atoms with E-state index in [0.29, 0.717) is 6.04 Å². The second-order valence-electron chi connectivity index (χ2n) is 5.21. The van der Waals surface area contributed by atoms with Crippen LogP contribution < -0.4 is 11.0 Å². The Hall–Kier alpha value is -1.05. The molecule has 0 spiro atoms. The summed E-state index contributed by atoms with van der Waals surface area (Å²) in [5, 5.41) is 10.7. The molecule has 0 bridgehead atoms. The topological polar surface area (TPSA) is 62.7 Å². The maximum Gasteiger partial charge on any atom is 0.344 e. The van der Waals surface area contributed by atoms with E-state index in [4.69, 9.17) is 0 Å². The van der Waals surface area contributed by atoms with Crippen LogP contribution in [0.4, 0.5) is 0 Å². The normalized spacial score (nSPS) is 16.1. The summed E-state index contributed by atoms with van der Waals surface area (Å²) in [5.74, 6) is 0. The Kier molecular flexibility index (Phi) is 4.24. The van der Waals surface area contributed by atoms with Crippen LogP contribution >= 0.6 is 27.7 Å². The molecule has 3 rings (SSSR count). The van der Waals surface area contributed by atoms with Gasteiger partial charge >= 0.3 is 5.69 Å². The van der Waals surface area contributed by atoms with Gasteiger partial charge in [-0.3, -0.25) is 4.57 Å². The highest BCUT2D eigenvalue weighted by molar-refractivity contribution is 9.10. The fourth-order valence-electron chi connectivity index (χ4n) is 2.20. The average molecular weight is 369 g/mol. The fraction of sp³-hybridized carbons (Fsp3) is 0.429. The van der Waals surface area contributed by atoms with E-state index >= 15 is 0 Å². The summed E-state index contributed by atoms with van der Waals surface area (Å²) >= 11 is 5.13. The van der Waals surface area contributed by atoms with E-state index in [2.05, 4.69) is 56.6 Å². The Morgan fingerprint density at radius 2 is 2.29 bits per heavy atom. The summed E-state index contributed by atoms with van der Waals surface area (Å²) < 4.78 is 2.83. The van der Waals surface area contributed by atoms with Crippen molar-refractivity contribution < 1.29 is 0 Å². The monoisotopic (exact) mass is 368 g/mol. The lowest BCUT2D eigenvalue weighted by atomic mass is 10.1. The van der Waals surface area contributed by atoms with Crippen LogP contribution in [0.2, 0.25) is 0 Å². The van der Waals surface area contributed by atoms with Crippen LogP contribution in [-0.2, 0) is 0 Å². The smallest absolute Gasteiger partial charge is 0.313 e. The van der Waals surface area contributed by atoms with Gasteiger partial charge in [-0.05, 0) is 56.3 Å². The molecule has 112 valence electrons. The average Bonchev–Trinajstić information content (AvgIpc) is 3.23. The molecule has 0 radical (unpaired) electrons. The number of H-pyrrole nitrogens is 1. The van der Waals surface area contributed by atoms with Crippen molar-refractivity contribution in [1.29, 1.82) is 0 Å². The number of aromatic nitrogens is 3. The molecule has 1 saturated carbocycles. The number of rotatable bonds is 5. The van der Waals surface area contributed by atoms with Crippen LogP contribution in [-0.4, -0.2) is 21.8 Å². The van der Waals surface area contributed by atoms with E-state index in [1.54, 1.807) is 4.57 Å². The molecule has 0 saturated heterocycles. The van der Waals surface area contributed by atoms with E-state index in [1.165, 1.54) is 17.3 Å². The molecule has 2 N–H and O–H groups in total. The molecule has 1 unspecified atom stereocenters. The van der Waals surface area contributed by atoms with Crippen LogP contribution in [0.15, 0.2) is 37.5 Å². The van der Waals surface area contributed by atoms with Crippen LogP contribution in [0.1, 0.15) is 37.4 Å². The van der Waals surface area contributed by atoms with Gasteiger partial charge in [-0.15, -0.1) is 5.10 Å². The second-order valence-corrected chi connectivity index (χ2v) is 7.10. The number of nitrogens with zero attached hydrogens (tertiary/aromatic N) is 2. The molecular weight excluding hydrogens is 352 g/mol. The van der Waals surface area contributed by atoms with Crippen molar-refractivity contribution in [2.24, 2.45) is 0 Å². The molecule has 5 nitrogen and oxygen atoms in total. The first-order valence-corrected chi connectivity index (χ1v) is 8.52. The molecule has 0 aliphatic heterocycles. The van der Waals surface area contributed by atoms with E-state index in [-0.39, 0.29) is 11.7 Å². The van der Waals surface area contributed by atoms with Gasteiger partial charge in [-0.25, -0.2) is 9.89 Å². The highest BCUT2D eigenvalue weighted by Gasteiger charge is 2.28. The Balaban J connectivity index is 1.86. The van der Waals surface area contributed by atoms with Crippen LogP contribution in [0.25, 0.3) is 0 Å². The number of aromatic amines is 1. The van der Waals surface area contributed by atoms with Crippen molar-refractivity contribution in [1.82, 2.24) is 20.1 Å².